The van der Waals surface area contributed by atoms with Gasteiger partial charge in [0.15, 0.2) is 17.3 Å². The van der Waals surface area contributed by atoms with Gasteiger partial charge in [-0.3, -0.25) is 4.79 Å². The highest BCUT2D eigenvalue weighted by molar-refractivity contribution is 6.30. The summed E-state index contributed by atoms with van der Waals surface area (Å²) >= 11 is 6.18. The molecular weight excluding hydrogens is 418 g/mol. The molecule has 0 aliphatic heterocycles. The molecule has 31 heavy (non-hydrogen) atoms. The van der Waals surface area contributed by atoms with Crippen molar-refractivity contribution in [3.8, 4) is 17.1 Å². The average Bonchev–Trinajstić information content (AvgIpc) is 3.54. The topological polar surface area (TPSA) is 99.0 Å². The molecule has 1 aliphatic rings. The molecule has 0 saturated heterocycles. The molecule has 1 fully saturated rings. The number of aromatic nitrogens is 4. The van der Waals surface area contributed by atoms with Crippen molar-refractivity contribution in [1.82, 2.24) is 25.2 Å². The van der Waals surface area contributed by atoms with Gasteiger partial charge in [-0.05, 0) is 43.2 Å². The normalized spacial score (nSPS) is 15.3. The van der Waals surface area contributed by atoms with Crippen LogP contribution < -0.4 is 5.32 Å². The molecule has 0 spiro atoms. The van der Waals surface area contributed by atoms with E-state index in [0.717, 1.165) is 31.4 Å². The lowest BCUT2D eigenvalue weighted by Crippen LogP contribution is -2.44. The number of hydrogen-bond acceptors (Lipinski definition) is 6. The Morgan fingerprint density at radius 3 is 2.71 bits per heavy atom. The zero-order valence-corrected chi connectivity index (χ0v) is 17.6. The van der Waals surface area contributed by atoms with Gasteiger partial charge in [0.1, 0.15) is 11.2 Å². The molecule has 1 amide bonds. The van der Waals surface area contributed by atoms with E-state index in [2.05, 4.69) is 20.6 Å². The van der Waals surface area contributed by atoms with Gasteiger partial charge >= 0.3 is 0 Å². The molecule has 5 rings (SSSR count). The van der Waals surface area contributed by atoms with E-state index in [9.17, 15) is 4.79 Å². The second-order valence-corrected chi connectivity index (χ2v) is 8.10. The van der Waals surface area contributed by atoms with Gasteiger partial charge in [0.05, 0.1) is 12.0 Å². The van der Waals surface area contributed by atoms with E-state index in [-0.39, 0.29) is 11.6 Å². The van der Waals surface area contributed by atoms with Gasteiger partial charge in [0, 0.05) is 18.0 Å². The van der Waals surface area contributed by atoms with Gasteiger partial charge in [-0.2, -0.15) is 10.1 Å². The van der Waals surface area contributed by atoms with Crippen molar-refractivity contribution in [3.63, 3.8) is 0 Å². The van der Waals surface area contributed by atoms with Gasteiger partial charge in [0.25, 0.3) is 5.91 Å². The monoisotopic (exact) mass is 437 g/mol. The maximum atomic E-state index is 13.3. The van der Waals surface area contributed by atoms with Crippen molar-refractivity contribution in [2.45, 2.75) is 38.1 Å². The number of rotatable bonds is 5. The van der Waals surface area contributed by atoms with Crippen LogP contribution in [0.4, 0.5) is 0 Å². The highest BCUT2D eigenvalue weighted by Crippen LogP contribution is 2.37. The number of aryl methyl sites for hydroxylation is 1. The first-order valence-corrected chi connectivity index (χ1v) is 10.5. The predicted molar refractivity (Wildman–Crippen MR) is 113 cm³/mol. The fourth-order valence-electron chi connectivity index (χ4n) is 4.05. The minimum Gasteiger partial charge on any atom is -0.463 e. The van der Waals surface area contributed by atoms with Crippen molar-refractivity contribution >= 4 is 17.5 Å². The SMILES string of the molecule is Cc1nc(C2(NC(=O)c3cc(-c4ccco4)n(-c4cccc(Cl)c4)n3)CCCC2)no1. The maximum Gasteiger partial charge on any atom is 0.272 e. The molecule has 0 radical (unpaired) electrons. The van der Waals surface area contributed by atoms with Gasteiger partial charge in [-0.15, -0.1) is 0 Å². The van der Waals surface area contributed by atoms with Gasteiger partial charge in [-0.1, -0.05) is 35.7 Å². The number of amides is 1. The van der Waals surface area contributed by atoms with Crippen LogP contribution in [0.25, 0.3) is 17.1 Å². The quantitative estimate of drug-likeness (QED) is 0.486. The van der Waals surface area contributed by atoms with Crippen LogP contribution in [-0.2, 0) is 5.54 Å². The number of hydrogen-bond donors (Lipinski definition) is 1. The summed E-state index contributed by atoms with van der Waals surface area (Å²) in [5.74, 6) is 1.27. The highest BCUT2D eigenvalue weighted by atomic mass is 35.5. The summed E-state index contributed by atoms with van der Waals surface area (Å²) in [6.07, 6.45) is 5.02. The van der Waals surface area contributed by atoms with Crippen LogP contribution in [0.5, 0.6) is 0 Å². The third-order valence-corrected chi connectivity index (χ3v) is 5.77. The number of carbonyl (C=O) groups excluding carboxylic acids is 1. The van der Waals surface area contributed by atoms with E-state index in [1.54, 1.807) is 42.1 Å². The molecule has 9 heteroatoms. The van der Waals surface area contributed by atoms with E-state index in [0.29, 0.717) is 28.2 Å². The van der Waals surface area contributed by atoms with Crippen molar-refractivity contribution in [1.29, 1.82) is 0 Å². The molecule has 3 aromatic heterocycles. The smallest absolute Gasteiger partial charge is 0.272 e. The van der Waals surface area contributed by atoms with Crippen molar-refractivity contribution in [2.75, 3.05) is 0 Å². The number of halogens is 1. The molecule has 0 bridgehead atoms. The van der Waals surface area contributed by atoms with Crippen molar-refractivity contribution in [2.24, 2.45) is 0 Å². The fraction of sp³-hybridized carbons (Fsp3) is 0.273. The molecule has 1 aromatic carbocycles. The zero-order valence-electron chi connectivity index (χ0n) is 16.8. The fourth-order valence-corrected chi connectivity index (χ4v) is 4.24. The Labute approximate surface area is 183 Å². The Morgan fingerprint density at radius 2 is 2.03 bits per heavy atom. The highest BCUT2D eigenvalue weighted by Gasteiger charge is 2.41. The van der Waals surface area contributed by atoms with Crippen LogP contribution in [0.2, 0.25) is 5.02 Å². The molecule has 1 saturated carbocycles. The van der Waals surface area contributed by atoms with Crippen molar-refractivity contribution in [3.05, 3.63) is 71.2 Å². The first kappa shape index (κ1) is 19.6. The molecule has 3 heterocycles. The first-order valence-electron chi connectivity index (χ1n) is 10.1. The lowest BCUT2D eigenvalue weighted by atomic mass is 9.96. The Hall–Kier alpha value is -3.39. The summed E-state index contributed by atoms with van der Waals surface area (Å²) in [7, 11) is 0. The Bertz CT molecular complexity index is 1220. The van der Waals surface area contributed by atoms with E-state index in [4.69, 9.17) is 20.5 Å². The molecule has 1 N–H and O–H groups in total. The van der Waals surface area contributed by atoms with Crippen LogP contribution in [0, 0.1) is 6.92 Å². The summed E-state index contributed by atoms with van der Waals surface area (Å²) in [5.41, 5.74) is 0.980. The van der Waals surface area contributed by atoms with Crippen LogP contribution >= 0.6 is 11.6 Å². The Morgan fingerprint density at radius 1 is 1.19 bits per heavy atom. The summed E-state index contributed by atoms with van der Waals surface area (Å²) in [5, 5.41) is 12.4. The minimum absolute atomic E-state index is 0.262. The van der Waals surface area contributed by atoms with E-state index < -0.39 is 5.54 Å². The van der Waals surface area contributed by atoms with E-state index >= 15 is 0 Å². The molecule has 158 valence electrons. The standard InChI is InChI=1S/C22H20ClN5O3/c1-14-24-21(27-31-14)22(9-2-3-10-22)25-20(29)17-13-18(19-8-5-11-30-19)28(26-17)16-7-4-6-15(23)12-16/h4-8,11-13H,2-3,9-10H2,1H3,(H,25,29). The minimum atomic E-state index is -0.653. The molecule has 0 unspecified atom stereocenters. The Balaban J connectivity index is 1.53. The van der Waals surface area contributed by atoms with Gasteiger partial charge in [0.2, 0.25) is 5.89 Å². The Kier molecular flexibility index (Phi) is 4.86. The summed E-state index contributed by atoms with van der Waals surface area (Å²) in [6, 6.07) is 12.6. The summed E-state index contributed by atoms with van der Waals surface area (Å²) < 4.78 is 12.4. The molecule has 0 atom stereocenters. The largest absolute Gasteiger partial charge is 0.463 e. The second-order valence-electron chi connectivity index (χ2n) is 7.66. The summed E-state index contributed by atoms with van der Waals surface area (Å²) in [4.78, 5) is 17.7. The number of carbonyl (C=O) groups is 1. The molecule has 4 aromatic rings. The van der Waals surface area contributed by atoms with Crippen LogP contribution in [0.3, 0.4) is 0 Å². The number of benzene rings is 1. The number of furan rings is 1. The first-order chi connectivity index (χ1) is 15.0. The molecular formula is C22H20ClN5O3. The third-order valence-electron chi connectivity index (χ3n) is 5.53. The lowest BCUT2D eigenvalue weighted by Gasteiger charge is -2.26. The summed E-state index contributed by atoms with van der Waals surface area (Å²) in [6.45, 7) is 1.74. The zero-order chi connectivity index (χ0) is 21.4. The van der Waals surface area contributed by atoms with Crippen LogP contribution in [0.1, 0.15) is 47.9 Å². The number of nitrogens with one attached hydrogen (secondary N) is 1. The second kappa shape index (κ2) is 7.70. The number of nitrogens with zero attached hydrogens (tertiary/aromatic N) is 4. The van der Waals surface area contributed by atoms with Gasteiger partial charge < -0.3 is 14.3 Å². The van der Waals surface area contributed by atoms with Crippen LogP contribution in [0.15, 0.2) is 57.7 Å². The van der Waals surface area contributed by atoms with Gasteiger partial charge in [-0.25, -0.2) is 4.68 Å². The third kappa shape index (κ3) is 3.63. The maximum absolute atomic E-state index is 13.3. The average molecular weight is 438 g/mol. The predicted octanol–water partition coefficient (Wildman–Crippen LogP) is 4.68. The van der Waals surface area contributed by atoms with Crippen LogP contribution in [-0.4, -0.2) is 25.8 Å². The van der Waals surface area contributed by atoms with E-state index in [1.807, 2.05) is 18.2 Å². The lowest BCUT2D eigenvalue weighted by molar-refractivity contribution is 0.0886. The molecule has 8 nitrogen and oxygen atoms in total. The molecule has 1 aliphatic carbocycles. The van der Waals surface area contributed by atoms with Crippen molar-refractivity contribution < 1.29 is 13.7 Å². The van der Waals surface area contributed by atoms with E-state index in [1.165, 1.54) is 0 Å².